The third-order valence-electron chi connectivity index (χ3n) is 10.7. The first kappa shape index (κ1) is 33.7. The van der Waals surface area contributed by atoms with E-state index in [2.05, 4.69) is 62.1 Å². The van der Waals surface area contributed by atoms with Crippen molar-refractivity contribution in [1.29, 1.82) is 0 Å². The van der Waals surface area contributed by atoms with Crippen molar-refractivity contribution in [2.24, 2.45) is 0 Å². The monoisotopic (exact) mass is 717 g/mol. The number of hydrogen-bond acceptors (Lipinski definition) is 4. The number of cyclic esters (lactones) is 1. The molecule has 5 rings (SSSR count). The summed E-state index contributed by atoms with van der Waals surface area (Å²) in [4.78, 5) is 31.0. The number of rotatable bonds is 16. The predicted molar refractivity (Wildman–Crippen MR) is 184 cm³/mol. The van der Waals surface area contributed by atoms with E-state index in [-0.39, 0.29) is 17.9 Å². The van der Waals surface area contributed by atoms with Gasteiger partial charge in [-0.1, -0.05) is 0 Å². The molecule has 0 spiro atoms. The fourth-order valence-electron chi connectivity index (χ4n) is 8.24. The van der Waals surface area contributed by atoms with Crippen molar-refractivity contribution in [2.45, 2.75) is 114 Å². The molecule has 1 heterocycles. The Kier molecular flexibility index (Phi) is 11.1. The van der Waals surface area contributed by atoms with E-state index in [1.807, 2.05) is 61.5 Å². The van der Waals surface area contributed by atoms with Crippen molar-refractivity contribution < 1.29 is 19.1 Å². The number of carbonyl (C=O) groups excluding carboxylic acids is 2. The van der Waals surface area contributed by atoms with Crippen LogP contribution in [-0.4, -0.2) is 44.3 Å². The van der Waals surface area contributed by atoms with E-state index < -0.39 is 33.6 Å². The van der Waals surface area contributed by atoms with Crippen molar-refractivity contribution in [3.05, 3.63) is 108 Å². The zero-order chi connectivity index (χ0) is 31.9. The first-order valence-electron chi connectivity index (χ1n) is 17.2. The number of amides is 1. The van der Waals surface area contributed by atoms with Gasteiger partial charge in [0.25, 0.3) is 0 Å². The molecule has 45 heavy (non-hydrogen) atoms. The van der Waals surface area contributed by atoms with Gasteiger partial charge >= 0.3 is 276 Å². The third kappa shape index (κ3) is 6.24. The summed E-state index contributed by atoms with van der Waals surface area (Å²) in [6.07, 6.45) is 6.25. The van der Waals surface area contributed by atoms with Gasteiger partial charge in [-0.3, -0.25) is 0 Å². The van der Waals surface area contributed by atoms with Crippen LogP contribution >= 0.6 is 0 Å². The van der Waals surface area contributed by atoms with E-state index in [1.54, 1.807) is 0 Å². The zero-order valence-electron chi connectivity index (χ0n) is 27.7. The summed E-state index contributed by atoms with van der Waals surface area (Å²) in [7, 11) is 0. The summed E-state index contributed by atoms with van der Waals surface area (Å²) in [5.41, 5.74) is 1.95. The minimum atomic E-state index is -3.57. The average molecular weight is 717 g/mol. The second-order valence-electron chi connectivity index (χ2n) is 13.3. The van der Waals surface area contributed by atoms with E-state index in [0.717, 1.165) is 68.5 Å². The standard InChI is InChI=1S/C27H24NO4.3C4H9.Sn/c1-27(31-18-19-11-5-2-6-12-19)22(17-23(27)29)28-24(20-13-7-3-8-14-20)25(32-26(28)30)21-15-9-4-10-16-21;3*1-3-4-2;/h2-16,24-25H,17-18H2,1H3;3*1,3-4H2,2H3;. The summed E-state index contributed by atoms with van der Waals surface area (Å²) in [5, 5.41) is 0. The SMILES string of the molecule is CCC[CH2][Sn]([CH2]CCC)([CH2]CCC)[C]1(N2C(=O)OC(c3ccccc3)C2c2ccccc2)CC(=O)C1(C)OCc1ccccc1. The molecular weight excluding hydrogens is 665 g/mol. The van der Waals surface area contributed by atoms with Crippen LogP contribution in [0.1, 0.15) is 101 Å². The fraction of sp³-hybridized carbons (Fsp3) is 0.487. The molecule has 1 amide bonds. The van der Waals surface area contributed by atoms with Gasteiger partial charge in [-0.25, -0.2) is 0 Å². The van der Waals surface area contributed by atoms with Crippen LogP contribution in [-0.2, 0) is 20.9 Å². The van der Waals surface area contributed by atoms with Gasteiger partial charge < -0.3 is 0 Å². The molecule has 2 fully saturated rings. The van der Waals surface area contributed by atoms with E-state index in [0.29, 0.717) is 13.0 Å². The van der Waals surface area contributed by atoms with Gasteiger partial charge in [-0.2, -0.15) is 0 Å². The van der Waals surface area contributed by atoms with Crippen LogP contribution in [0.2, 0.25) is 13.3 Å². The predicted octanol–water partition coefficient (Wildman–Crippen LogP) is 10.00. The second kappa shape index (κ2) is 14.8. The molecule has 6 heteroatoms. The number of nitrogens with zero attached hydrogens (tertiary/aromatic N) is 1. The molecule has 0 aromatic heterocycles. The molecule has 1 aliphatic heterocycles. The average Bonchev–Trinajstić information content (AvgIpc) is 3.43. The van der Waals surface area contributed by atoms with Crippen LogP contribution in [0.3, 0.4) is 0 Å². The van der Waals surface area contributed by atoms with Crippen LogP contribution in [0, 0.1) is 0 Å². The Morgan fingerprint density at radius 2 is 1.24 bits per heavy atom. The number of ether oxygens (including phenoxy) is 2. The third-order valence-corrected chi connectivity index (χ3v) is 29.5. The molecule has 5 nitrogen and oxygen atoms in total. The van der Waals surface area contributed by atoms with Crippen LogP contribution < -0.4 is 0 Å². The molecule has 2 aliphatic rings. The molecule has 4 unspecified atom stereocenters. The van der Waals surface area contributed by atoms with Gasteiger partial charge in [0.2, 0.25) is 0 Å². The number of hydrogen-bond donors (Lipinski definition) is 0. The second-order valence-corrected chi connectivity index (χ2v) is 27.2. The van der Waals surface area contributed by atoms with Crippen LogP contribution in [0.25, 0.3) is 0 Å². The molecular formula is C39H51NO4Sn. The van der Waals surface area contributed by atoms with Gasteiger partial charge in [0.05, 0.1) is 0 Å². The van der Waals surface area contributed by atoms with Crippen LogP contribution in [0.5, 0.6) is 0 Å². The van der Waals surface area contributed by atoms with E-state index in [9.17, 15) is 9.59 Å². The van der Waals surface area contributed by atoms with Crippen molar-refractivity contribution in [2.75, 3.05) is 0 Å². The molecule has 3 aromatic carbocycles. The van der Waals surface area contributed by atoms with E-state index in [1.165, 1.54) is 0 Å². The molecule has 1 saturated heterocycles. The first-order chi connectivity index (χ1) is 21.9. The van der Waals surface area contributed by atoms with Crippen molar-refractivity contribution in [1.82, 2.24) is 4.90 Å². The van der Waals surface area contributed by atoms with Crippen LogP contribution in [0.15, 0.2) is 91.0 Å². The summed E-state index contributed by atoms with van der Waals surface area (Å²) >= 11 is -3.57. The van der Waals surface area contributed by atoms with Crippen LogP contribution in [0.4, 0.5) is 4.79 Å². The molecule has 1 aliphatic carbocycles. The molecule has 240 valence electrons. The van der Waals surface area contributed by atoms with Gasteiger partial charge in [0, 0.05) is 0 Å². The van der Waals surface area contributed by atoms with Gasteiger partial charge in [-0.05, 0) is 0 Å². The Balaban J connectivity index is 1.75. The summed E-state index contributed by atoms with van der Waals surface area (Å²) < 4.78 is 16.2. The van der Waals surface area contributed by atoms with E-state index >= 15 is 0 Å². The molecule has 0 radical (unpaired) electrons. The summed E-state index contributed by atoms with van der Waals surface area (Å²) in [6.45, 7) is 9.17. The maximum atomic E-state index is 14.7. The summed E-state index contributed by atoms with van der Waals surface area (Å²) in [5.74, 6) is 0.117. The number of ketones is 1. The number of benzene rings is 3. The van der Waals surface area contributed by atoms with Crippen molar-refractivity contribution >= 4 is 30.3 Å². The maximum absolute atomic E-state index is 14.7. The van der Waals surface area contributed by atoms with E-state index in [4.69, 9.17) is 9.47 Å². The number of unbranched alkanes of at least 4 members (excludes halogenated alkanes) is 3. The molecule has 0 bridgehead atoms. The van der Waals surface area contributed by atoms with Gasteiger partial charge in [-0.15, -0.1) is 0 Å². The molecule has 3 aromatic rings. The van der Waals surface area contributed by atoms with Gasteiger partial charge in [0.15, 0.2) is 0 Å². The Morgan fingerprint density at radius 3 is 1.73 bits per heavy atom. The Labute approximate surface area is 274 Å². The quantitative estimate of drug-likeness (QED) is 0.139. The Hall–Kier alpha value is -2.64. The number of Topliss-reactive ketones (excluding diaryl/α,β-unsaturated/α-hetero) is 1. The van der Waals surface area contributed by atoms with Crippen molar-refractivity contribution in [3.63, 3.8) is 0 Å². The summed E-state index contributed by atoms with van der Waals surface area (Å²) in [6, 6.07) is 30.3. The Bertz CT molecular complexity index is 1380. The fourth-order valence-corrected chi connectivity index (χ4v) is 29.9. The number of carbonyl (C=O) groups is 2. The van der Waals surface area contributed by atoms with Gasteiger partial charge in [0.1, 0.15) is 0 Å². The molecule has 0 N–H and O–H groups in total. The Morgan fingerprint density at radius 1 is 0.756 bits per heavy atom. The molecule has 4 atom stereocenters. The zero-order valence-corrected chi connectivity index (χ0v) is 30.5. The normalized spacial score (nSPS) is 24.8. The first-order valence-corrected chi connectivity index (χ1v) is 24.7. The topological polar surface area (TPSA) is 55.8 Å². The van der Waals surface area contributed by atoms with Crippen molar-refractivity contribution in [3.8, 4) is 0 Å². The molecule has 1 saturated carbocycles. The minimum absolute atomic E-state index is 0.117.